The lowest BCUT2D eigenvalue weighted by molar-refractivity contribution is -0.139. The number of nitrogens with one attached hydrogen (secondary N) is 1. The van der Waals surface area contributed by atoms with Crippen LogP contribution in [-0.4, -0.2) is 51.8 Å². The average Bonchev–Trinajstić information content (AvgIpc) is 2.49. The molecular weight excluding hydrogens is 308 g/mol. The number of hydrogen-bond donors (Lipinski definition) is 1. The third kappa shape index (κ3) is 4.05. The Morgan fingerprint density at radius 3 is 2.50 bits per heavy atom. The fourth-order valence-corrected chi connectivity index (χ4v) is 3.16. The predicted octanol–water partition coefficient (Wildman–Crippen LogP) is 0.165. The Bertz CT molecular complexity index is 654. The van der Waals surface area contributed by atoms with Crippen molar-refractivity contribution in [2.45, 2.75) is 17.7 Å². The van der Waals surface area contributed by atoms with Crippen LogP contribution < -0.4 is 9.46 Å². The Balaban J connectivity index is 1.89. The number of rotatable bonds is 6. The molecule has 1 aliphatic heterocycles. The van der Waals surface area contributed by atoms with Crippen molar-refractivity contribution in [1.82, 2.24) is 9.62 Å². The van der Waals surface area contributed by atoms with Crippen molar-refractivity contribution < 1.29 is 22.7 Å². The first-order valence-corrected chi connectivity index (χ1v) is 8.34. The molecule has 2 rings (SSSR count). The largest absolute Gasteiger partial charge is 0.497 e. The highest BCUT2D eigenvalue weighted by Gasteiger charge is 2.23. The van der Waals surface area contributed by atoms with Gasteiger partial charge in [0.1, 0.15) is 11.5 Å². The van der Waals surface area contributed by atoms with Crippen LogP contribution >= 0.6 is 0 Å². The second-order valence-electron chi connectivity index (χ2n) is 4.92. The molecule has 1 aromatic rings. The van der Waals surface area contributed by atoms with Gasteiger partial charge in [-0.1, -0.05) is 0 Å². The normalized spacial score (nSPS) is 16.0. The second kappa shape index (κ2) is 6.89. The zero-order valence-corrected chi connectivity index (χ0v) is 13.1. The van der Waals surface area contributed by atoms with E-state index in [1.54, 1.807) is 12.1 Å². The van der Waals surface area contributed by atoms with Gasteiger partial charge in [0, 0.05) is 26.1 Å². The van der Waals surface area contributed by atoms with Gasteiger partial charge >= 0.3 is 0 Å². The number of Topliss-reactive ketones (excluding diaryl/α,β-unsaturated/α-hetero) is 1. The summed E-state index contributed by atoms with van der Waals surface area (Å²) in [4.78, 5) is 24.4. The number of benzene rings is 1. The number of piperidine rings is 1. The molecule has 0 atom stereocenters. The van der Waals surface area contributed by atoms with Crippen LogP contribution in [0.15, 0.2) is 29.2 Å². The summed E-state index contributed by atoms with van der Waals surface area (Å²) in [5, 5.41) is 0. The number of likely N-dealkylation sites (tertiary alicyclic amines) is 1. The number of sulfonamides is 1. The van der Waals surface area contributed by atoms with Crippen molar-refractivity contribution in [1.29, 1.82) is 0 Å². The minimum atomic E-state index is -3.62. The molecule has 22 heavy (non-hydrogen) atoms. The molecule has 0 radical (unpaired) electrons. The molecule has 1 N–H and O–H groups in total. The van der Waals surface area contributed by atoms with E-state index in [-0.39, 0.29) is 36.1 Å². The number of methoxy groups -OCH3 is 1. The number of carbonyl (C=O) groups excluding carboxylic acids is 2. The van der Waals surface area contributed by atoms with Gasteiger partial charge in [-0.3, -0.25) is 9.59 Å². The lowest BCUT2D eigenvalue weighted by atomic mass is 10.1. The van der Waals surface area contributed by atoms with E-state index in [4.69, 9.17) is 4.74 Å². The fraction of sp³-hybridized carbons (Fsp3) is 0.429. The van der Waals surface area contributed by atoms with E-state index >= 15 is 0 Å². The maximum Gasteiger partial charge on any atom is 0.240 e. The van der Waals surface area contributed by atoms with E-state index in [1.807, 2.05) is 0 Å². The van der Waals surface area contributed by atoms with Crippen LogP contribution in [0.25, 0.3) is 0 Å². The van der Waals surface area contributed by atoms with E-state index in [9.17, 15) is 18.0 Å². The lowest BCUT2D eigenvalue weighted by Gasteiger charge is -2.26. The molecule has 0 aromatic heterocycles. The van der Waals surface area contributed by atoms with Crippen LogP contribution in [0.1, 0.15) is 12.8 Å². The molecule has 0 saturated carbocycles. The van der Waals surface area contributed by atoms with Gasteiger partial charge in [0.05, 0.1) is 18.4 Å². The molecule has 0 spiro atoms. The highest BCUT2D eigenvalue weighted by molar-refractivity contribution is 7.89. The summed E-state index contributed by atoms with van der Waals surface area (Å²) in [5.41, 5.74) is 0. The molecular formula is C14H18N2O5S. The number of amides is 1. The molecule has 1 aliphatic rings. The molecule has 0 bridgehead atoms. The van der Waals surface area contributed by atoms with E-state index in [0.29, 0.717) is 18.7 Å². The summed E-state index contributed by atoms with van der Waals surface area (Å²) in [6, 6.07) is 6.03. The van der Waals surface area contributed by atoms with E-state index < -0.39 is 10.0 Å². The van der Waals surface area contributed by atoms with Crippen LogP contribution in [0.4, 0.5) is 0 Å². The van der Waals surface area contributed by atoms with Gasteiger partial charge in [0.15, 0.2) is 0 Å². The van der Waals surface area contributed by atoms with Crippen LogP contribution in [0.5, 0.6) is 5.75 Å². The lowest BCUT2D eigenvalue weighted by Crippen LogP contribution is -2.43. The molecule has 1 fully saturated rings. The molecule has 7 nitrogen and oxygen atoms in total. The van der Waals surface area contributed by atoms with Gasteiger partial charge in [-0.2, -0.15) is 0 Å². The molecule has 120 valence electrons. The molecule has 0 unspecified atom stereocenters. The first-order valence-electron chi connectivity index (χ1n) is 6.85. The minimum absolute atomic E-state index is 0.0694. The van der Waals surface area contributed by atoms with E-state index in [2.05, 4.69) is 4.72 Å². The molecule has 1 amide bonds. The first-order chi connectivity index (χ1) is 10.4. The van der Waals surface area contributed by atoms with Gasteiger partial charge in [0.25, 0.3) is 0 Å². The van der Waals surface area contributed by atoms with E-state index in [1.165, 1.54) is 24.1 Å². The summed E-state index contributed by atoms with van der Waals surface area (Å²) in [5.74, 6) is 0.252. The number of carbonyl (C=O) groups is 2. The number of hydrogen-bond acceptors (Lipinski definition) is 5. The first kappa shape index (κ1) is 16.4. The van der Waals surface area contributed by atoms with Crippen molar-refractivity contribution >= 4 is 21.7 Å². The molecule has 1 heterocycles. The second-order valence-corrected chi connectivity index (χ2v) is 6.69. The van der Waals surface area contributed by atoms with Crippen LogP contribution in [-0.2, 0) is 19.6 Å². The highest BCUT2D eigenvalue weighted by Crippen LogP contribution is 2.15. The molecule has 1 aromatic carbocycles. The minimum Gasteiger partial charge on any atom is -0.497 e. The Labute approximate surface area is 129 Å². The Morgan fingerprint density at radius 1 is 1.23 bits per heavy atom. The summed E-state index contributed by atoms with van der Waals surface area (Å²) >= 11 is 0. The topological polar surface area (TPSA) is 92.8 Å². The third-order valence-corrected chi connectivity index (χ3v) is 4.88. The smallest absolute Gasteiger partial charge is 0.240 e. The van der Waals surface area contributed by atoms with Crippen molar-refractivity contribution in [2.24, 2.45) is 0 Å². The summed E-state index contributed by atoms with van der Waals surface area (Å²) in [6.45, 7) is 0.706. The maximum absolute atomic E-state index is 12.1. The van der Waals surface area contributed by atoms with Gasteiger partial charge < -0.3 is 9.64 Å². The number of ether oxygens (including phenoxy) is 1. The van der Waals surface area contributed by atoms with Crippen molar-refractivity contribution in [3.8, 4) is 5.75 Å². The summed E-state index contributed by atoms with van der Waals surface area (Å²) in [6.07, 6.45) is 0.238. The predicted molar refractivity (Wildman–Crippen MR) is 79.0 cm³/mol. The van der Waals surface area contributed by atoms with Crippen molar-refractivity contribution in [2.75, 3.05) is 26.7 Å². The standard InChI is InChI=1S/C14H18N2O5S/c1-21-12-2-4-13(5-3-12)22(19,20)15-7-9-16-8-6-11(17)10-14(16)18/h2-5,15H,6-10H2,1H3. The monoisotopic (exact) mass is 326 g/mol. The highest BCUT2D eigenvalue weighted by atomic mass is 32.2. The van der Waals surface area contributed by atoms with Crippen LogP contribution in [0, 0.1) is 0 Å². The zero-order valence-electron chi connectivity index (χ0n) is 12.2. The summed E-state index contributed by atoms with van der Waals surface area (Å²) in [7, 11) is -2.12. The molecule has 1 saturated heterocycles. The van der Waals surface area contributed by atoms with Gasteiger partial charge in [-0.25, -0.2) is 13.1 Å². The van der Waals surface area contributed by atoms with Crippen molar-refractivity contribution in [3.63, 3.8) is 0 Å². The number of ketones is 1. The van der Waals surface area contributed by atoms with Crippen molar-refractivity contribution in [3.05, 3.63) is 24.3 Å². The number of nitrogens with zero attached hydrogens (tertiary/aromatic N) is 1. The average molecular weight is 326 g/mol. The molecule has 0 aliphatic carbocycles. The van der Waals surface area contributed by atoms with Gasteiger partial charge in [-0.15, -0.1) is 0 Å². The SMILES string of the molecule is COc1ccc(S(=O)(=O)NCCN2CCC(=O)CC2=O)cc1. The maximum atomic E-state index is 12.1. The summed E-state index contributed by atoms with van der Waals surface area (Å²) < 4.78 is 31.6. The quantitative estimate of drug-likeness (QED) is 0.752. The van der Waals surface area contributed by atoms with Gasteiger partial charge in [-0.05, 0) is 24.3 Å². The third-order valence-electron chi connectivity index (χ3n) is 3.41. The Hall–Kier alpha value is -1.93. The molecule has 8 heteroatoms. The fourth-order valence-electron chi connectivity index (χ4n) is 2.14. The Morgan fingerprint density at radius 2 is 1.91 bits per heavy atom. The van der Waals surface area contributed by atoms with E-state index in [0.717, 1.165) is 0 Å². The van der Waals surface area contributed by atoms with Crippen LogP contribution in [0.3, 0.4) is 0 Å². The Kier molecular flexibility index (Phi) is 5.15. The zero-order chi connectivity index (χ0) is 16.2. The van der Waals surface area contributed by atoms with Gasteiger partial charge in [0.2, 0.25) is 15.9 Å². The van der Waals surface area contributed by atoms with Crippen LogP contribution in [0.2, 0.25) is 0 Å².